The number of ether oxygens (including phenoxy) is 2. The third kappa shape index (κ3) is 7.08. The van der Waals surface area contributed by atoms with Crippen molar-refractivity contribution in [2.24, 2.45) is 0 Å². The Bertz CT molecular complexity index is 805. The van der Waals surface area contributed by atoms with Crippen molar-refractivity contribution >= 4 is 17.6 Å². The molecule has 2 N–H and O–H groups in total. The molecule has 3 amide bonds. The van der Waals surface area contributed by atoms with Crippen molar-refractivity contribution in [1.82, 2.24) is 10.2 Å². The van der Waals surface area contributed by atoms with E-state index in [1.807, 2.05) is 42.5 Å². The Morgan fingerprint density at radius 1 is 1.13 bits per heavy atom. The summed E-state index contributed by atoms with van der Waals surface area (Å²) in [6.45, 7) is 2.14. The van der Waals surface area contributed by atoms with Crippen molar-refractivity contribution in [2.45, 2.75) is 31.9 Å². The first kappa shape index (κ1) is 21.6. The number of benzene rings is 2. The molecule has 7 heteroatoms. The Labute approximate surface area is 177 Å². The van der Waals surface area contributed by atoms with Gasteiger partial charge in [0.1, 0.15) is 12.4 Å². The minimum absolute atomic E-state index is 0.158. The first-order chi connectivity index (χ1) is 14.6. The summed E-state index contributed by atoms with van der Waals surface area (Å²) in [4.78, 5) is 25.8. The van der Waals surface area contributed by atoms with E-state index in [1.165, 1.54) is 0 Å². The highest BCUT2D eigenvalue weighted by Gasteiger charge is 2.16. The van der Waals surface area contributed by atoms with Crippen LogP contribution >= 0.6 is 0 Å². The highest BCUT2D eigenvalue weighted by Crippen LogP contribution is 2.18. The van der Waals surface area contributed by atoms with Gasteiger partial charge in [-0.25, -0.2) is 4.79 Å². The zero-order chi connectivity index (χ0) is 21.2. The number of amides is 3. The zero-order valence-corrected chi connectivity index (χ0v) is 17.3. The van der Waals surface area contributed by atoms with Crippen molar-refractivity contribution in [3.8, 4) is 5.75 Å². The number of rotatable bonds is 9. The Balaban J connectivity index is 1.33. The molecule has 0 aliphatic carbocycles. The van der Waals surface area contributed by atoms with Crippen molar-refractivity contribution < 1.29 is 19.1 Å². The average molecular weight is 412 g/mol. The van der Waals surface area contributed by atoms with Crippen molar-refractivity contribution in [3.05, 3.63) is 60.2 Å². The number of urea groups is 1. The quantitative estimate of drug-likeness (QED) is 0.663. The summed E-state index contributed by atoms with van der Waals surface area (Å²) in [7, 11) is 1.73. The van der Waals surface area contributed by atoms with Gasteiger partial charge in [0.25, 0.3) is 0 Å². The summed E-state index contributed by atoms with van der Waals surface area (Å²) in [5.41, 5.74) is 1.74. The lowest BCUT2D eigenvalue weighted by atomic mass is 10.2. The monoisotopic (exact) mass is 411 g/mol. The molecule has 3 rings (SSSR count). The van der Waals surface area contributed by atoms with E-state index in [9.17, 15) is 9.59 Å². The number of hydrogen-bond acceptors (Lipinski definition) is 4. The van der Waals surface area contributed by atoms with Gasteiger partial charge in [-0.05, 0) is 42.7 Å². The lowest BCUT2D eigenvalue weighted by Gasteiger charge is -2.18. The molecule has 0 radical (unpaired) electrons. The van der Waals surface area contributed by atoms with Gasteiger partial charge in [0.15, 0.2) is 0 Å². The Hall–Kier alpha value is -3.06. The fourth-order valence-electron chi connectivity index (χ4n) is 3.17. The van der Waals surface area contributed by atoms with Gasteiger partial charge in [-0.2, -0.15) is 0 Å². The fourth-order valence-corrected chi connectivity index (χ4v) is 3.17. The van der Waals surface area contributed by atoms with E-state index in [1.54, 1.807) is 24.1 Å². The molecule has 7 nitrogen and oxygen atoms in total. The molecule has 1 heterocycles. The van der Waals surface area contributed by atoms with Crippen molar-refractivity contribution in [2.75, 3.05) is 32.1 Å². The summed E-state index contributed by atoms with van der Waals surface area (Å²) in [6.07, 6.45) is 2.49. The summed E-state index contributed by atoms with van der Waals surface area (Å²) < 4.78 is 11.3. The molecule has 1 aliphatic heterocycles. The van der Waals surface area contributed by atoms with E-state index >= 15 is 0 Å². The predicted molar refractivity (Wildman–Crippen MR) is 115 cm³/mol. The van der Waals surface area contributed by atoms with E-state index in [0.717, 1.165) is 30.8 Å². The van der Waals surface area contributed by atoms with Crippen molar-refractivity contribution in [1.29, 1.82) is 0 Å². The second kappa shape index (κ2) is 11.2. The molecule has 30 heavy (non-hydrogen) atoms. The van der Waals surface area contributed by atoms with Gasteiger partial charge in [-0.3, -0.25) is 4.79 Å². The van der Waals surface area contributed by atoms with Gasteiger partial charge >= 0.3 is 6.03 Å². The van der Waals surface area contributed by atoms with E-state index in [0.29, 0.717) is 18.8 Å². The van der Waals surface area contributed by atoms with Crippen LogP contribution in [0.25, 0.3) is 0 Å². The van der Waals surface area contributed by atoms with E-state index < -0.39 is 0 Å². The maximum atomic E-state index is 12.1. The summed E-state index contributed by atoms with van der Waals surface area (Å²) >= 11 is 0. The highest BCUT2D eigenvalue weighted by molar-refractivity contribution is 5.91. The smallest absolute Gasteiger partial charge is 0.317 e. The molecular formula is C23H29N3O4. The van der Waals surface area contributed by atoms with E-state index in [4.69, 9.17) is 9.47 Å². The van der Waals surface area contributed by atoms with Crippen LogP contribution in [-0.4, -0.2) is 49.7 Å². The second-order valence-corrected chi connectivity index (χ2v) is 7.34. The predicted octanol–water partition coefficient (Wildman–Crippen LogP) is 3.41. The number of nitrogens with one attached hydrogen (secondary N) is 2. The van der Waals surface area contributed by atoms with Crippen LogP contribution in [0.15, 0.2) is 54.6 Å². The third-order valence-corrected chi connectivity index (χ3v) is 4.84. The van der Waals surface area contributed by atoms with E-state index in [-0.39, 0.29) is 31.0 Å². The largest absolute Gasteiger partial charge is 0.491 e. The summed E-state index contributed by atoms with van der Waals surface area (Å²) in [6, 6.07) is 16.8. The summed E-state index contributed by atoms with van der Waals surface area (Å²) in [5, 5.41) is 5.59. The minimum atomic E-state index is -0.209. The first-order valence-corrected chi connectivity index (χ1v) is 10.3. The number of nitrogens with zero attached hydrogens (tertiary/aromatic N) is 1. The molecule has 1 atom stereocenters. The maximum absolute atomic E-state index is 12.1. The minimum Gasteiger partial charge on any atom is -0.491 e. The van der Waals surface area contributed by atoms with Gasteiger partial charge in [0, 0.05) is 38.9 Å². The van der Waals surface area contributed by atoms with Crippen LogP contribution in [-0.2, 0) is 16.1 Å². The molecule has 1 fully saturated rings. The van der Waals surface area contributed by atoms with Crippen LogP contribution in [0.4, 0.5) is 10.5 Å². The second-order valence-electron chi connectivity index (χ2n) is 7.34. The van der Waals surface area contributed by atoms with Gasteiger partial charge in [0.2, 0.25) is 5.91 Å². The number of carbonyl (C=O) groups excluding carboxylic acids is 2. The molecule has 0 spiro atoms. The molecule has 0 bridgehead atoms. The fraction of sp³-hybridized carbons (Fsp3) is 0.391. The standard InChI is InChI=1S/C23H29N3O4/c1-26(16-18-6-3-2-4-7-18)23(28)24-14-13-22(27)25-19-9-11-20(12-10-19)30-17-21-8-5-15-29-21/h2-4,6-7,9-12,21H,5,8,13-17H2,1H3,(H,24,28)(H,25,27). The van der Waals surface area contributed by atoms with Gasteiger partial charge < -0.3 is 25.0 Å². The van der Waals surface area contributed by atoms with Crippen LogP contribution in [0.1, 0.15) is 24.8 Å². The van der Waals surface area contributed by atoms with Gasteiger partial charge in [-0.15, -0.1) is 0 Å². The molecule has 1 aliphatic rings. The Morgan fingerprint density at radius 3 is 2.60 bits per heavy atom. The van der Waals surface area contributed by atoms with Crippen LogP contribution in [0.5, 0.6) is 5.75 Å². The number of anilines is 1. The SMILES string of the molecule is CN(Cc1ccccc1)C(=O)NCCC(=O)Nc1ccc(OCC2CCCO2)cc1. The third-order valence-electron chi connectivity index (χ3n) is 4.84. The van der Waals surface area contributed by atoms with Crippen LogP contribution < -0.4 is 15.4 Å². The normalized spacial score (nSPS) is 15.4. The molecule has 0 aromatic heterocycles. The van der Waals surface area contributed by atoms with Crippen LogP contribution in [0.2, 0.25) is 0 Å². The van der Waals surface area contributed by atoms with Crippen LogP contribution in [0, 0.1) is 0 Å². The highest BCUT2D eigenvalue weighted by atomic mass is 16.5. The number of hydrogen-bond donors (Lipinski definition) is 2. The topological polar surface area (TPSA) is 79.9 Å². The molecule has 1 saturated heterocycles. The van der Waals surface area contributed by atoms with Gasteiger partial charge in [-0.1, -0.05) is 30.3 Å². The number of carbonyl (C=O) groups is 2. The molecule has 1 unspecified atom stereocenters. The Morgan fingerprint density at radius 2 is 1.90 bits per heavy atom. The molecular weight excluding hydrogens is 382 g/mol. The average Bonchev–Trinajstić information content (AvgIpc) is 3.27. The van der Waals surface area contributed by atoms with Crippen molar-refractivity contribution in [3.63, 3.8) is 0 Å². The lowest BCUT2D eigenvalue weighted by molar-refractivity contribution is -0.116. The Kier molecular flexibility index (Phi) is 8.09. The molecule has 2 aromatic carbocycles. The van der Waals surface area contributed by atoms with Gasteiger partial charge in [0.05, 0.1) is 6.10 Å². The lowest BCUT2D eigenvalue weighted by Crippen LogP contribution is -2.38. The molecule has 0 saturated carbocycles. The molecule has 2 aromatic rings. The summed E-state index contributed by atoms with van der Waals surface area (Å²) in [5.74, 6) is 0.589. The van der Waals surface area contributed by atoms with Crippen LogP contribution in [0.3, 0.4) is 0 Å². The molecule has 160 valence electrons. The van der Waals surface area contributed by atoms with E-state index in [2.05, 4.69) is 10.6 Å². The maximum Gasteiger partial charge on any atom is 0.317 e. The zero-order valence-electron chi connectivity index (χ0n) is 17.3. The first-order valence-electron chi connectivity index (χ1n) is 10.3.